The van der Waals surface area contributed by atoms with Gasteiger partial charge in [0, 0.05) is 74.4 Å². The van der Waals surface area contributed by atoms with Crippen LogP contribution in [0.25, 0.3) is 0 Å². The van der Waals surface area contributed by atoms with E-state index in [0.717, 1.165) is 49.6 Å². The van der Waals surface area contributed by atoms with E-state index in [1.165, 1.54) is 12.1 Å². The molecule has 4 N–H and O–H groups in total. The third kappa shape index (κ3) is 6.87. The summed E-state index contributed by atoms with van der Waals surface area (Å²) in [4.78, 5) is 29.7. The zero-order valence-electron chi connectivity index (χ0n) is 20.1. The lowest BCUT2D eigenvalue weighted by atomic mass is 10.1. The van der Waals surface area contributed by atoms with E-state index >= 15 is 0 Å². The molecule has 4 rings (SSSR count). The van der Waals surface area contributed by atoms with E-state index in [2.05, 4.69) is 20.4 Å². The molecule has 0 atom stereocenters. The number of piperazine rings is 1. The fourth-order valence-electron chi connectivity index (χ4n) is 4.20. The number of halogens is 3. The third-order valence-electron chi connectivity index (χ3n) is 6.13. The van der Waals surface area contributed by atoms with Crippen molar-refractivity contribution < 1.29 is 22.8 Å². The lowest BCUT2D eigenvalue weighted by molar-refractivity contribution is 0.0953. The summed E-state index contributed by atoms with van der Waals surface area (Å²) >= 11 is 0. The minimum Gasteiger partial charge on any atom is -0.369 e. The zero-order valence-corrected chi connectivity index (χ0v) is 20.1. The Morgan fingerprint density at radius 3 is 2.11 bits per heavy atom. The topological polar surface area (TPSA) is 90.7 Å². The quantitative estimate of drug-likeness (QED) is 0.432. The number of rotatable bonds is 8. The molecule has 0 spiro atoms. The molecule has 0 radical (unpaired) electrons. The molecule has 1 fully saturated rings. The molecule has 0 bridgehead atoms. The Balaban J connectivity index is 1.51. The molecule has 10 heteroatoms. The van der Waals surface area contributed by atoms with Crippen molar-refractivity contribution in [1.29, 1.82) is 0 Å². The van der Waals surface area contributed by atoms with Crippen LogP contribution in [0, 0.1) is 17.5 Å². The summed E-state index contributed by atoms with van der Waals surface area (Å²) in [5, 5.41) is 5.40. The molecule has 1 aliphatic heterocycles. The molecule has 3 aromatic carbocycles. The van der Waals surface area contributed by atoms with Crippen molar-refractivity contribution in [3.63, 3.8) is 0 Å². The van der Waals surface area contributed by atoms with Gasteiger partial charge >= 0.3 is 0 Å². The second kappa shape index (κ2) is 11.9. The van der Waals surface area contributed by atoms with Crippen molar-refractivity contribution in [1.82, 2.24) is 10.2 Å². The highest BCUT2D eigenvalue weighted by Gasteiger charge is 2.20. The Morgan fingerprint density at radius 2 is 1.46 bits per heavy atom. The Kier molecular flexibility index (Phi) is 8.42. The van der Waals surface area contributed by atoms with E-state index in [-0.39, 0.29) is 23.8 Å². The first-order valence-electron chi connectivity index (χ1n) is 11.9. The first kappa shape index (κ1) is 26.2. The van der Waals surface area contributed by atoms with Gasteiger partial charge in [-0.1, -0.05) is 6.07 Å². The number of nitrogens with two attached hydrogens (primary N) is 1. The standard InChI is InChI=1S/C27H28F3N5O2/c28-21-3-5-24(6-4-21)35-11-9-34(10-12-35)17-19-2-1-18(26(36)32-8-7-31)15-25(19)33-27(37)20-13-22(29)16-23(30)14-20/h1-6,13-16H,7-12,17,31H2,(H,32,36)(H,33,37). The maximum Gasteiger partial charge on any atom is 0.255 e. The third-order valence-corrected chi connectivity index (χ3v) is 6.13. The van der Waals surface area contributed by atoms with Crippen molar-refractivity contribution in [2.24, 2.45) is 5.73 Å². The molecule has 1 saturated heterocycles. The summed E-state index contributed by atoms with van der Waals surface area (Å²) in [6, 6.07) is 13.9. The van der Waals surface area contributed by atoms with Crippen LogP contribution >= 0.6 is 0 Å². The molecule has 1 aliphatic rings. The Labute approximate surface area is 213 Å². The highest BCUT2D eigenvalue weighted by atomic mass is 19.1. The Hall–Kier alpha value is -3.89. The van der Waals surface area contributed by atoms with E-state index in [0.29, 0.717) is 30.4 Å². The van der Waals surface area contributed by atoms with Crippen LogP contribution in [0.4, 0.5) is 24.5 Å². The maximum absolute atomic E-state index is 13.7. The van der Waals surface area contributed by atoms with Crippen LogP contribution in [0.15, 0.2) is 60.7 Å². The molecule has 2 amide bonds. The Morgan fingerprint density at radius 1 is 0.784 bits per heavy atom. The number of nitrogens with one attached hydrogen (secondary N) is 2. The largest absolute Gasteiger partial charge is 0.369 e. The number of hydrogen-bond acceptors (Lipinski definition) is 5. The molecule has 1 heterocycles. The molecular weight excluding hydrogens is 483 g/mol. The lowest BCUT2D eigenvalue weighted by Gasteiger charge is -2.36. The van der Waals surface area contributed by atoms with Crippen LogP contribution in [0.5, 0.6) is 0 Å². The minimum atomic E-state index is -0.862. The van der Waals surface area contributed by atoms with Gasteiger partial charge in [-0.15, -0.1) is 0 Å². The van der Waals surface area contributed by atoms with Crippen LogP contribution in [0.2, 0.25) is 0 Å². The van der Waals surface area contributed by atoms with Gasteiger partial charge in [0.05, 0.1) is 0 Å². The van der Waals surface area contributed by atoms with Crippen molar-refractivity contribution in [3.8, 4) is 0 Å². The average molecular weight is 512 g/mol. The highest BCUT2D eigenvalue weighted by molar-refractivity contribution is 6.05. The van der Waals surface area contributed by atoms with Crippen LogP contribution in [-0.2, 0) is 6.54 Å². The summed E-state index contributed by atoms with van der Waals surface area (Å²) in [5.74, 6) is -3.05. The van der Waals surface area contributed by atoms with Gasteiger partial charge in [-0.25, -0.2) is 13.2 Å². The highest BCUT2D eigenvalue weighted by Crippen LogP contribution is 2.23. The lowest BCUT2D eigenvalue weighted by Crippen LogP contribution is -2.46. The van der Waals surface area contributed by atoms with Crippen molar-refractivity contribution in [3.05, 3.63) is 94.8 Å². The normalized spacial score (nSPS) is 13.9. The number of carbonyl (C=O) groups excluding carboxylic acids is 2. The number of amides is 2. The second-order valence-corrected chi connectivity index (χ2v) is 8.77. The van der Waals surface area contributed by atoms with Gasteiger partial charge in [-0.2, -0.15) is 0 Å². The van der Waals surface area contributed by atoms with Gasteiger partial charge in [0.25, 0.3) is 11.8 Å². The Bertz CT molecular complexity index is 1240. The molecule has 37 heavy (non-hydrogen) atoms. The van der Waals surface area contributed by atoms with Gasteiger partial charge in [0.2, 0.25) is 0 Å². The SMILES string of the molecule is NCCNC(=O)c1ccc(CN2CCN(c3ccc(F)cc3)CC2)c(NC(=O)c2cc(F)cc(F)c2)c1. The van der Waals surface area contributed by atoms with Gasteiger partial charge < -0.3 is 21.3 Å². The van der Waals surface area contributed by atoms with Gasteiger partial charge in [-0.3, -0.25) is 14.5 Å². The van der Waals surface area contributed by atoms with Crippen LogP contribution in [-0.4, -0.2) is 56.0 Å². The molecule has 194 valence electrons. The predicted molar refractivity (Wildman–Crippen MR) is 136 cm³/mol. The van der Waals surface area contributed by atoms with Gasteiger partial charge in [-0.05, 0) is 54.1 Å². The van der Waals surface area contributed by atoms with E-state index in [1.807, 2.05) is 0 Å². The molecular formula is C27H28F3N5O2. The van der Waals surface area contributed by atoms with E-state index in [4.69, 9.17) is 5.73 Å². The molecule has 0 unspecified atom stereocenters. The fraction of sp³-hybridized carbons (Fsp3) is 0.259. The molecule has 7 nitrogen and oxygen atoms in total. The van der Waals surface area contributed by atoms with Crippen LogP contribution in [0.3, 0.4) is 0 Å². The molecule has 3 aromatic rings. The summed E-state index contributed by atoms with van der Waals surface area (Å²) in [7, 11) is 0. The smallest absolute Gasteiger partial charge is 0.255 e. The molecule has 0 aliphatic carbocycles. The summed E-state index contributed by atoms with van der Waals surface area (Å²) < 4.78 is 40.6. The number of carbonyl (C=O) groups is 2. The van der Waals surface area contributed by atoms with Crippen molar-refractivity contribution in [2.75, 3.05) is 49.5 Å². The summed E-state index contributed by atoms with van der Waals surface area (Å²) in [5.41, 5.74) is 7.68. The van der Waals surface area contributed by atoms with Crippen LogP contribution < -0.4 is 21.3 Å². The number of nitrogens with zero attached hydrogens (tertiary/aromatic N) is 2. The maximum atomic E-state index is 13.7. The van der Waals surface area contributed by atoms with E-state index in [1.54, 1.807) is 30.3 Å². The van der Waals surface area contributed by atoms with E-state index < -0.39 is 17.5 Å². The van der Waals surface area contributed by atoms with Gasteiger partial charge in [0.1, 0.15) is 17.5 Å². The molecule has 0 saturated carbocycles. The van der Waals surface area contributed by atoms with E-state index in [9.17, 15) is 22.8 Å². The summed E-state index contributed by atoms with van der Waals surface area (Å²) in [6.45, 7) is 3.96. The molecule has 0 aromatic heterocycles. The minimum absolute atomic E-state index is 0.172. The van der Waals surface area contributed by atoms with Gasteiger partial charge in [0.15, 0.2) is 0 Å². The number of benzene rings is 3. The van der Waals surface area contributed by atoms with Crippen molar-refractivity contribution >= 4 is 23.2 Å². The number of hydrogen-bond donors (Lipinski definition) is 3. The second-order valence-electron chi connectivity index (χ2n) is 8.77. The summed E-state index contributed by atoms with van der Waals surface area (Å²) in [6.07, 6.45) is 0. The predicted octanol–water partition coefficient (Wildman–Crippen LogP) is 3.37. The fourth-order valence-corrected chi connectivity index (χ4v) is 4.20. The van der Waals surface area contributed by atoms with Crippen LogP contribution in [0.1, 0.15) is 26.3 Å². The first-order valence-corrected chi connectivity index (χ1v) is 11.9. The first-order chi connectivity index (χ1) is 17.8. The number of anilines is 2. The average Bonchev–Trinajstić information content (AvgIpc) is 2.88. The van der Waals surface area contributed by atoms with Crippen molar-refractivity contribution in [2.45, 2.75) is 6.54 Å². The monoisotopic (exact) mass is 511 g/mol. The zero-order chi connectivity index (χ0) is 26.4.